The van der Waals surface area contributed by atoms with E-state index in [4.69, 9.17) is 16.3 Å². The van der Waals surface area contributed by atoms with Crippen molar-refractivity contribution in [3.63, 3.8) is 0 Å². The van der Waals surface area contributed by atoms with E-state index in [0.29, 0.717) is 11.1 Å². The summed E-state index contributed by atoms with van der Waals surface area (Å²) in [4.78, 5) is 14.5. The number of aryl methyl sites for hydroxylation is 1. The number of benzene rings is 1. The van der Waals surface area contributed by atoms with Crippen molar-refractivity contribution in [2.75, 3.05) is 26.2 Å². The molecule has 0 saturated carbocycles. The van der Waals surface area contributed by atoms with Crippen LogP contribution < -0.4 is 10.1 Å². The first-order valence-corrected chi connectivity index (χ1v) is 8.38. The van der Waals surface area contributed by atoms with Crippen molar-refractivity contribution in [1.82, 2.24) is 10.2 Å². The Morgan fingerprint density at radius 3 is 2.70 bits per heavy atom. The van der Waals surface area contributed by atoms with Crippen LogP contribution in [-0.2, 0) is 4.79 Å². The zero-order valence-electron chi connectivity index (χ0n) is 13.8. The molecule has 0 atom stereocenters. The highest BCUT2D eigenvalue weighted by molar-refractivity contribution is 6.30. The van der Waals surface area contributed by atoms with Crippen LogP contribution in [0.5, 0.6) is 5.75 Å². The van der Waals surface area contributed by atoms with E-state index in [-0.39, 0.29) is 24.9 Å². The van der Waals surface area contributed by atoms with E-state index < -0.39 is 0 Å². The first kappa shape index (κ1) is 20.1. The average Bonchev–Trinajstić information content (AvgIpc) is 2.52. The number of piperidine rings is 1. The molecule has 1 aromatic carbocycles. The molecule has 0 spiro atoms. The molecule has 1 N–H and O–H groups in total. The molecule has 0 radical (unpaired) electrons. The number of nitrogens with one attached hydrogen (secondary N) is 1. The largest absolute Gasteiger partial charge is 0.483 e. The van der Waals surface area contributed by atoms with Gasteiger partial charge in [0.1, 0.15) is 5.75 Å². The highest BCUT2D eigenvalue weighted by Crippen LogP contribution is 2.22. The third-order valence-electron chi connectivity index (χ3n) is 4.02. The van der Waals surface area contributed by atoms with Gasteiger partial charge in [0.05, 0.1) is 0 Å². The second-order valence-electron chi connectivity index (χ2n) is 5.77. The maximum atomic E-state index is 12.5. The van der Waals surface area contributed by atoms with Crippen LogP contribution >= 0.6 is 24.0 Å². The zero-order chi connectivity index (χ0) is 15.9. The molecule has 0 bridgehead atoms. The zero-order valence-corrected chi connectivity index (χ0v) is 15.4. The standard InChI is InChI=1S/C17H25ClN2O2.ClH/c1-3-10-20(15-6-8-19-9-7-15)17(21)12-22-16-5-4-14(18)11-13(16)2;/h4-5,11,15,19H,3,6-10,12H2,1-2H3;1H. The topological polar surface area (TPSA) is 41.6 Å². The highest BCUT2D eigenvalue weighted by Gasteiger charge is 2.24. The lowest BCUT2D eigenvalue weighted by Gasteiger charge is -2.34. The van der Waals surface area contributed by atoms with Crippen LogP contribution in [0.4, 0.5) is 0 Å². The van der Waals surface area contributed by atoms with E-state index >= 15 is 0 Å². The SMILES string of the molecule is CCCN(C(=O)COc1ccc(Cl)cc1C)C1CCNCC1.Cl. The van der Waals surface area contributed by atoms with Gasteiger partial charge in [0.2, 0.25) is 0 Å². The van der Waals surface area contributed by atoms with Crippen LogP contribution in [0.1, 0.15) is 31.7 Å². The second kappa shape index (κ2) is 10.0. The van der Waals surface area contributed by atoms with Gasteiger partial charge in [0.25, 0.3) is 5.91 Å². The van der Waals surface area contributed by atoms with Gasteiger partial charge in [-0.2, -0.15) is 0 Å². The van der Waals surface area contributed by atoms with Gasteiger partial charge < -0.3 is 15.0 Å². The third kappa shape index (κ3) is 5.87. The number of rotatable bonds is 6. The van der Waals surface area contributed by atoms with Crippen molar-refractivity contribution < 1.29 is 9.53 Å². The predicted molar refractivity (Wildman–Crippen MR) is 96.8 cm³/mol. The van der Waals surface area contributed by atoms with Crippen molar-refractivity contribution in [1.29, 1.82) is 0 Å². The lowest BCUT2D eigenvalue weighted by Crippen LogP contribution is -2.48. The number of amides is 1. The molecule has 1 aliphatic rings. The maximum Gasteiger partial charge on any atom is 0.260 e. The van der Waals surface area contributed by atoms with E-state index in [1.54, 1.807) is 6.07 Å². The number of hydrogen-bond donors (Lipinski definition) is 1. The minimum absolute atomic E-state index is 0. The monoisotopic (exact) mass is 360 g/mol. The minimum Gasteiger partial charge on any atom is -0.483 e. The summed E-state index contributed by atoms with van der Waals surface area (Å²) in [7, 11) is 0. The molecule has 4 nitrogen and oxygen atoms in total. The summed E-state index contributed by atoms with van der Waals surface area (Å²) in [5.74, 6) is 0.794. The molecular formula is C17H26Cl2N2O2. The van der Waals surface area contributed by atoms with Crippen molar-refractivity contribution in [3.05, 3.63) is 28.8 Å². The van der Waals surface area contributed by atoms with Gasteiger partial charge in [-0.05, 0) is 63.0 Å². The molecule has 1 aliphatic heterocycles. The van der Waals surface area contributed by atoms with Gasteiger partial charge in [-0.15, -0.1) is 12.4 Å². The summed E-state index contributed by atoms with van der Waals surface area (Å²) in [6.07, 6.45) is 3.01. The molecule has 2 rings (SSSR count). The summed E-state index contributed by atoms with van der Waals surface area (Å²) < 4.78 is 5.71. The van der Waals surface area contributed by atoms with E-state index in [2.05, 4.69) is 12.2 Å². The molecule has 6 heteroatoms. The van der Waals surface area contributed by atoms with Crippen LogP contribution in [-0.4, -0.2) is 43.1 Å². The first-order valence-electron chi connectivity index (χ1n) is 8.01. The van der Waals surface area contributed by atoms with E-state index in [9.17, 15) is 4.79 Å². The fraction of sp³-hybridized carbons (Fsp3) is 0.588. The summed E-state index contributed by atoms with van der Waals surface area (Å²) in [5, 5.41) is 4.02. The Labute approximate surface area is 149 Å². The molecule has 0 aromatic heterocycles. The van der Waals surface area contributed by atoms with Crippen LogP contribution in [0.2, 0.25) is 5.02 Å². The van der Waals surface area contributed by atoms with Crippen LogP contribution in [0.15, 0.2) is 18.2 Å². The maximum absolute atomic E-state index is 12.5. The second-order valence-corrected chi connectivity index (χ2v) is 6.20. The number of carbonyl (C=O) groups is 1. The van der Waals surface area contributed by atoms with Crippen molar-refractivity contribution >= 4 is 29.9 Å². The number of hydrogen-bond acceptors (Lipinski definition) is 3. The van der Waals surface area contributed by atoms with Crippen LogP contribution in [0.3, 0.4) is 0 Å². The molecule has 130 valence electrons. The molecule has 0 aliphatic carbocycles. The Balaban J connectivity index is 0.00000264. The Morgan fingerprint density at radius 1 is 1.39 bits per heavy atom. The number of carbonyl (C=O) groups excluding carboxylic acids is 1. The Morgan fingerprint density at radius 2 is 2.09 bits per heavy atom. The Bertz CT molecular complexity index is 505. The van der Waals surface area contributed by atoms with Gasteiger partial charge in [-0.25, -0.2) is 0 Å². The first-order chi connectivity index (χ1) is 10.6. The third-order valence-corrected chi connectivity index (χ3v) is 4.26. The number of nitrogens with zero attached hydrogens (tertiary/aromatic N) is 1. The lowest BCUT2D eigenvalue weighted by atomic mass is 10.0. The lowest BCUT2D eigenvalue weighted by molar-refractivity contribution is -0.136. The molecule has 1 heterocycles. The van der Waals surface area contributed by atoms with Crippen molar-refractivity contribution in [2.24, 2.45) is 0 Å². The van der Waals surface area contributed by atoms with E-state index in [0.717, 1.165) is 50.2 Å². The number of ether oxygens (including phenoxy) is 1. The van der Waals surface area contributed by atoms with Gasteiger partial charge in [0.15, 0.2) is 6.61 Å². The van der Waals surface area contributed by atoms with E-state index in [1.165, 1.54) is 0 Å². The molecule has 0 unspecified atom stereocenters. The summed E-state index contributed by atoms with van der Waals surface area (Å²) in [6.45, 7) is 6.89. The van der Waals surface area contributed by atoms with Crippen LogP contribution in [0.25, 0.3) is 0 Å². The smallest absolute Gasteiger partial charge is 0.260 e. The molecule has 1 fully saturated rings. The number of halogens is 2. The van der Waals surface area contributed by atoms with Gasteiger partial charge in [0, 0.05) is 17.6 Å². The van der Waals surface area contributed by atoms with Crippen LogP contribution in [0, 0.1) is 6.92 Å². The normalized spacial score (nSPS) is 14.9. The Kier molecular flexibility index (Phi) is 8.74. The fourth-order valence-electron chi connectivity index (χ4n) is 2.87. The summed E-state index contributed by atoms with van der Waals surface area (Å²) in [5.41, 5.74) is 0.948. The Hall–Kier alpha value is -0.970. The van der Waals surface area contributed by atoms with Gasteiger partial charge >= 0.3 is 0 Å². The molecular weight excluding hydrogens is 335 g/mol. The fourth-order valence-corrected chi connectivity index (χ4v) is 3.09. The van der Waals surface area contributed by atoms with Crippen molar-refractivity contribution in [3.8, 4) is 5.75 Å². The molecule has 1 saturated heterocycles. The average molecular weight is 361 g/mol. The van der Waals surface area contributed by atoms with E-state index in [1.807, 2.05) is 24.0 Å². The minimum atomic E-state index is 0. The molecule has 1 amide bonds. The highest BCUT2D eigenvalue weighted by atomic mass is 35.5. The summed E-state index contributed by atoms with van der Waals surface area (Å²) >= 11 is 5.94. The molecule has 23 heavy (non-hydrogen) atoms. The molecule has 1 aromatic rings. The quantitative estimate of drug-likeness (QED) is 0.844. The predicted octanol–water partition coefficient (Wildman–Crippen LogP) is 3.44. The van der Waals surface area contributed by atoms with Gasteiger partial charge in [-0.3, -0.25) is 4.79 Å². The summed E-state index contributed by atoms with van der Waals surface area (Å²) in [6, 6.07) is 5.78. The van der Waals surface area contributed by atoms with Gasteiger partial charge in [-0.1, -0.05) is 18.5 Å². The van der Waals surface area contributed by atoms with Crippen molar-refractivity contribution in [2.45, 2.75) is 39.2 Å².